The van der Waals surface area contributed by atoms with E-state index in [9.17, 15) is 4.79 Å². The van der Waals surface area contributed by atoms with Gasteiger partial charge in [-0.2, -0.15) is 4.98 Å². The normalized spacial score (nSPS) is 19.5. The highest BCUT2D eigenvalue weighted by atomic mass is 16.5. The number of piperidine rings is 1. The van der Waals surface area contributed by atoms with Crippen LogP contribution in [0.15, 0.2) is 28.7 Å². The van der Waals surface area contributed by atoms with Crippen LogP contribution in [-0.4, -0.2) is 30.6 Å². The molecule has 0 bridgehead atoms. The summed E-state index contributed by atoms with van der Waals surface area (Å²) >= 11 is 0. The predicted molar refractivity (Wildman–Crippen MR) is 82.6 cm³/mol. The van der Waals surface area contributed by atoms with Crippen LogP contribution in [0.25, 0.3) is 11.1 Å². The first-order valence-electron chi connectivity index (χ1n) is 8.07. The van der Waals surface area contributed by atoms with Crippen LogP contribution in [0.1, 0.15) is 25.7 Å². The standard InChI is InChI=1S/C17H20N2O3/c20-16(21-11-12-5-6-12)13-7-9-19(10-8-13)17-18-14-3-1-2-4-15(14)22-17/h1-4,12-13H,5-11H2. The minimum atomic E-state index is -0.0240. The van der Waals surface area contributed by atoms with E-state index >= 15 is 0 Å². The van der Waals surface area contributed by atoms with Crippen LogP contribution in [0.3, 0.4) is 0 Å². The van der Waals surface area contributed by atoms with Crippen LogP contribution in [0.2, 0.25) is 0 Å². The Labute approximate surface area is 129 Å². The summed E-state index contributed by atoms with van der Waals surface area (Å²) in [6.45, 7) is 2.19. The van der Waals surface area contributed by atoms with Gasteiger partial charge in [-0.15, -0.1) is 0 Å². The molecule has 1 aliphatic carbocycles. The zero-order valence-electron chi connectivity index (χ0n) is 12.5. The molecule has 0 unspecified atom stereocenters. The fourth-order valence-electron chi connectivity index (χ4n) is 2.90. The average Bonchev–Trinajstić information content (AvgIpc) is 3.29. The minimum absolute atomic E-state index is 0.0240. The maximum atomic E-state index is 12.0. The third-order valence-electron chi connectivity index (χ3n) is 4.54. The maximum Gasteiger partial charge on any atom is 0.309 e. The van der Waals surface area contributed by atoms with Gasteiger partial charge in [-0.1, -0.05) is 12.1 Å². The number of aromatic nitrogens is 1. The highest BCUT2D eigenvalue weighted by Gasteiger charge is 2.30. The molecule has 0 N–H and O–H groups in total. The number of benzene rings is 1. The molecule has 2 aliphatic rings. The molecule has 116 valence electrons. The van der Waals surface area contributed by atoms with Crippen molar-refractivity contribution in [2.75, 3.05) is 24.6 Å². The molecule has 5 nitrogen and oxygen atoms in total. The van der Waals surface area contributed by atoms with E-state index in [1.165, 1.54) is 12.8 Å². The van der Waals surface area contributed by atoms with E-state index in [0.717, 1.165) is 37.0 Å². The molecule has 2 aromatic rings. The number of para-hydroxylation sites is 2. The monoisotopic (exact) mass is 300 g/mol. The Kier molecular flexibility index (Phi) is 3.48. The largest absolute Gasteiger partial charge is 0.465 e. The molecular formula is C17H20N2O3. The molecule has 0 spiro atoms. The number of fused-ring (bicyclic) bond motifs is 1. The molecule has 4 rings (SSSR count). The van der Waals surface area contributed by atoms with E-state index in [4.69, 9.17) is 9.15 Å². The summed E-state index contributed by atoms with van der Waals surface area (Å²) in [5.74, 6) is 0.632. The predicted octanol–water partition coefficient (Wildman–Crippen LogP) is 3.00. The van der Waals surface area contributed by atoms with Gasteiger partial charge in [-0.25, -0.2) is 0 Å². The first-order valence-corrected chi connectivity index (χ1v) is 8.07. The molecular weight excluding hydrogens is 280 g/mol. The average molecular weight is 300 g/mol. The number of oxazole rings is 1. The van der Waals surface area contributed by atoms with E-state index in [-0.39, 0.29) is 11.9 Å². The van der Waals surface area contributed by atoms with Gasteiger partial charge in [0.2, 0.25) is 0 Å². The third-order valence-corrected chi connectivity index (χ3v) is 4.54. The number of ether oxygens (including phenoxy) is 1. The molecule has 1 aromatic carbocycles. The molecule has 5 heteroatoms. The van der Waals surface area contributed by atoms with Gasteiger partial charge >= 0.3 is 5.97 Å². The second kappa shape index (κ2) is 5.63. The van der Waals surface area contributed by atoms with Gasteiger partial charge < -0.3 is 14.1 Å². The number of carbonyl (C=O) groups excluding carboxylic acids is 1. The summed E-state index contributed by atoms with van der Waals surface area (Å²) in [6.07, 6.45) is 4.04. The van der Waals surface area contributed by atoms with Crippen molar-refractivity contribution >= 4 is 23.1 Å². The number of hydrogen-bond acceptors (Lipinski definition) is 5. The van der Waals surface area contributed by atoms with Crippen LogP contribution in [0.5, 0.6) is 0 Å². The lowest BCUT2D eigenvalue weighted by Gasteiger charge is -2.29. The molecule has 1 aliphatic heterocycles. The van der Waals surface area contributed by atoms with Gasteiger partial charge in [0, 0.05) is 13.1 Å². The molecule has 2 heterocycles. The number of nitrogens with zero attached hydrogens (tertiary/aromatic N) is 2. The Morgan fingerprint density at radius 1 is 1.23 bits per heavy atom. The van der Waals surface area contributed by atoms with Crippen LogP contribution in [-0.2, 0) is 9.53 Å². The quantitative estimate of drug-likeness (QED) is 0.812. The molecule has 0 amide bonds. The topological polar surface area (TPSA) is 55.6 Å². The minimum Gasteiger partial charge on any atom is -0.465 e. The first-order chi connectivity index (χ1) is 10.8. The van der Waals surface area contributed by atoms with Crippen molar-refractivity contribution in [1.29, 1.82) is 0 Å². The van der Waals surface area contributed by atoms with Crippen molar-refractivity contribution in [2.45, 2.75) is 25.7 Å². The highest BCUT2D eigenvalue weighted by molar-refractivity contribution is 5.75. The molecule has 0 radical (unpaired) electrons. The lowest BCUT2D eigenvalue weighted by molar-refractivity contribution is -0.149. The van der Waals surface area contributed by atoms with Gasteiger partial charge in [-0.05, 0) is 43.7 Å². The van der Waals surface area contributed by atoms with Gasteiger partial charge in [-0.3, -0.25) is 4.79 Å². The lowest BCUT2D eigenvalue weighted by Crippen LogP contribution is -2.37. The Hall–Kier alpha value is -2.04. The Morgan fingerprint density at radius 3 is 2.73 bits per heavy atom. The molecule has 1 saturated carbocycles. The molecule has 1 saturated heterocycles. The second-order valence-corrected chi connectivity index (χ2v) is 6.30. The Bertz CT molecular complexity index is 636. The zero-order chi connectivity index (χ0) is 14.9. The smallest absolute Gasteiger partial charge is 0.309 e. The van der Waals surface area contributed by atoms with Crippen LogP contribution >= 0.6 is 0 Å². The van der Waals surface area contributed by atoms with Crippen molar-refractivity contribution in [3.05, 3.63) is 24.3 Å². The number of carbonyl (C=O) groups is 1. The summed E-state index contributed by atoms with van der Waals surface area (Å²) in [5.41, 5.74) is 1.69. The number of hydrogen-bond donors (Lipinski definition) is 0. The highest BCUT2D eigenvalue weighted by Crippen LogP contribution is 2.30. The van der Waals surface area contributed by atoms with E-state index in [0.29, 0.717) is 18.5 Å². The van der Waals surface area contributed by atoms with E-state index in [2.05, 4.69) is 9.88 Å². The molecule has 1 aromatic heterocycles. The van der Waals surface area contributed by atoms with Gasteiger partial charge in [0.05, 0.1) is 12.5 Å². The van der Waals surface area contributed by atoms with Crippen molar-refractivity contribution in [3.63, 3.8) is 0 Å². The van der Waals surface area contributed by atoms with Crippen molar-refractivity contribution in [3.8, 4) is 0 Å². The SMILES string of the molecule is O=C(OCC1CC1)C1CCN(c2nc3ccccc3o2)CC1. The van der Waals surface area contributed by atoms with Crippen molar-refractivity contribution in [1.82, 2.24) is 4.98 Å². The fraction of sp³-hybridized carbons (Fsp3) is 0.529. The van der Waals surface area contributed by atoms with Crippen LogP contribution < -0.4 is 4.90 Å². The number of esters is 1. The second-order valence-electron chi connectivity index (χ2n) is 6.30. The fourth-order valence-corrected chi connectivity index (χ4v) is 2.90. The van der Waals surface area contributed by atoms with E-state index < -0.39 is 0 Å². The summed E-state index contributed by atoms with van der Waals surface area (Å²) in [4.78, 5) is 18.7. The first kappa shape index (κ1) is 13.6. The molecule has 2 fully saturated rings. The molecule has 22 heavy (non-hydrogen) atoms. The van der Waals surface area contributed by atoms with Crippen molar-refractivity contribution in [2.24, 2.45) is 11.8 Å². The summed E-state index contributed by atoms with van der Waals surface area (Å²) in [5, 5.41) is 0. The van der Waals surface area contributed by atoms with Crippen LogP contribution in [0.4, 0.5) is 6.01 Å². The summed E-state index contributed by atoms with van der Waals surface area (Å²) < 4.78 is 11.2. The molecule has 0 atom stereocenters. The lowest BCUT2D eigenvalue weighted by atomic mass is 9.97. The maximum absolute atomic E-state index is 12.0. The van der Waals surface area contributed by atoms with Crippen LogP contribution in [0, 0.1) is 11.8 Å². The zero-order valence-corrected chi connectivity index (χ0v) is 12.5. The third kappa shape index (κ3) is 2.80. The number of rotatable bonds is 4. The van der Waals surface area contributed by atoms with Gasteiger partial charge in [0.15, 0.2) is 5.58 Å². The Balaban J connectivity index is 1.35. The Morgan fingerprint density at radius 2 is 2.00 bits per heavy atom. The number of anilines is 1. The van der Waals surface area contributed by atoms with E-state index in [1.54, 1.807) is 0 Å². The summed E-state index contributed by atoms with van der Waals surface area (Å²) in [6, 6.07) is 8.43. The van der Waals surface area contributed by atoms with E-state index in [1.807, 2.05) is 24.3 Å². The summed E-state index contributed by atoms with van der Waals surface area (Å²) in [7, 11) is 0. The van der Waals surface area contributed by atoms with Gasteiger partial charge in [0.1, 0.15) is 5.52 Å². The van der Waals surface area contributed by atoms with Crippen molar-refractivity contribution < 1.29 is 13.9 Å². The van der Waals surface area contributed by atoms with Gasteiger partial charge in [0.25, 0.3) is 6.01 Å².